The number of carboxylic acids is 1. The zero-order chi connectivity index (χ0) is 37.0. The van der Waals surface area contributed by atoms with Gasteiger partial charge in [0.2, 0.25) is 5.91 Å². The van der Waals surface area contributed by atoms with E-state index < -0.39 is 23.8 Å². The monoisotopic (exact) mass is 745 g/mol. The van der Waals surface area contributed by atoms with Crippen LogP contribution in [0, 0.1) is 11.6 Å². The van der Waals surface area contributed by atoms with Crippen LogP contribution in [-0.4, -0.2) is 76.5 Å². The van der Waals surface area contributed by atoms with Crippen LogP contribution in [0.5, 0.6) is 0 Å². The Morgan fingerprint density at radius 3 is 2.28 bits per heavy atom. The molecule has 1 saturated carbocycles. The maximum absolute atomic E-state index is 16.3. The van der Waals surface area contributed by atoms with Crippen LogP contribution in [0.2, 0.25) is 10.0 Å². The Morgan fingerprint density at radius 2 is 1.72 bits per heavy atom. The number of rotatable bonds is 9. The Labute approximate surface area is 293 Å². The highest BCUT2D eigenvalue weighted by Crippen LogP contribution is 2.43. The van der Waals surface area contributed by atoms with E-state index in [1.165, 1.54) is 24.3 Å². The van der Waals surface area contributed by atoms with E-state index in [0.717, 1.165) is 32.1 Å². The summed E-state index contributed by atoms with van der Waals surface area (Å²) in [6.07, 6.45) is -0.663. The van der Waals surface area contributed by atoms with E-state index in [0.29, 0.717) is 40.2 Å². The second kappa shape index (κ2) is 15.7. The predicted molar refractivity (Wildman–Crippen MR) is 173 cm³/mol. The lowest BCUT2D eigenvalue weighted by Crippen LogP contribution is -2.42. The van der Waals surface area contributed by atoms with Crippen molar-refractivity contribution in [2.75, 3.05) is 40.0 Å². The summed E-state index contributed by atoms with van der Waals surface area (Å²) in [6.45, 7) is 1.17. The average molecular weight is 747 g/mol. The molecule has 0 unspecified atom stereocenters. The fourth-order valence-electron chi connectivity index (χ4n) is 5.42. The SMILES string of the molecule is C[N+](C)(C)CCNC(=O)Cc1ccc(Cl)c(F)c1-n1c(C2CCCCC2)nc(-c2nnc(N)o2)c1-c1ccc(F)c(Cl)c1.O=C([O-])C(F)(F)F. The van der Waals surface area contributed by atoms with Crippen LogP contribution < -0.4 is 16.2 Å². The highest BCUT2D eigenvalue weighted by molar-refractivity contribution is 6.31. The number of alkyl halides is 3. The van der Waals surface area contributed by atoms with Crippen LogP contribution >= 0.6 is 23.2 Å². The van der Waals surface area contributed by atoms with Crippen LogP contribution in [0.25, 0.3) is 28.5 Å². The number of benzene rings is 2. The number of carbonyl (C=O) groups excluding carboxylic acids is 2. The van der Waals surface area contributed by atoms with Crippen molar-refractivity contribution in [1.82, 2.24) is 25.1 Å². The maximum atomic E-state index is 16.3. The largest absolute Gasteiger partial charge is 0.542 e. The molecular formula is C32H34Cl2F5N7O4. The second-order valence-corrected chi connectivity index (χ2v) is 13.4. The van der Waals surface area contributed by atoms with E-state index in [9.17, 15) is 22.4 Å². The Bertz CT molecular complexity index is 1850. The standard InChI is InChI=1S/C30H33Cl2F2N7O2.C2HF3O2/c1-41(2,3)14-13-36-23(42)16-19-9-11-20(31)24(34)26(19)40-27(18-10-12-22(33)21(32)15-18)25(29-38-39-30(35)43-29)37-28(40)17-7-5-4-6-8-17;3-2(4,5)1(6)7/h9-12,15,17H,4-8,13-14,16H2,1-3H3,(H2-,35,36,39,42);(H,6,7). The lowest BCUT2D eigenvalue weighted by molar-refractivity contribution is -0.869. The molecule has 270 valence electrons. The van der Waals surface area contributed by atoms with Crippen LogP contribution in [0.4, 0.5) is 28.0 Å². The quantitative estimate of drug-likeness (QED) is 0.169. The molecule has 1 aliphatic carbocycles. The Balaban J connectivity index is 0.000000727. The van der Waals surface area contributed by atoms with E-state index in [-0.39, 0.29) is 51.6 Å². The van der Waals surface area contributed by atoms with Gasteiger partial charge in [0, 0.05) is 11.5 Å². The highest BCUT2D eigenvalue weighted by atomic mass is 35.5. The van der Waals surface area contributed by atoms with Gasteiger partial charge in [0.05, 0.1) is 62.1 Å². The molecule has 1 aliphatic rings. The number of carbonyl (C=O) groups is 2. The van der Waals surface area contributed by atoms with Crippen molar-refractivity contribution in [1.29, 1.82) is 0 Å². The number of carboxylic acid groups (broad SMARTS) is 1. The molecule has 5 rings (SSSR count). The number of imidazole rings is 1. The van der Waals surface area contributed by atoms with Gasteiger partial charge in [-0.15, -0.1) is 5.10 Å². The number of nitrogens with zero attached hydrogens (tertiary/aromatic N) is 5. The van der Waals surface area contributed by atoms with E-state index in [2.05, 4.69) is 15.5 Å². The summed E-state index contributed by atoms with van der Waals surface area (Å²) >= 11 is 12.6. The molecule has 0 saturated heterocycles. The molecule has 0 aliphatic heterocycles. The van der Waals surface area contributed by atoms with Crippen molar-refractivity contribution in [2.24, 2.45) is 0 Å². The first kappa shape index (κ1) is 38.5. The van der Waals surface area contributed by atoms with Gasteiger partial charge in [-0.05, 0) is 42.7 Å². The first-order valence-corrected chi connectivity index (χ1v) is 16.1. The minimum atomic E-state index is -5.19. The molecule has 2 aromatic carbocycles. The number of halogens is 7. The summed E-state index contributed by atoms with van der Waals surface area (Å²) in [5.74, 6) is -4.13. The molecule has 0 bridgehead atoms. The van der Waals surface area contributed by atoms with Gasteiger partial charge in [-0.3, -0.25) is 9.36 Å². The number of amides is 1. The minimum absolute atomic E-state index is 0.00536. The normalized spacial score (nSPS) is 13.9. The molecule has 2 aromatic heterocycles. The smallest absolute Gasteiger partial charge is 0.430 e. The van der Waals surface area contributed by atoms with Gasteiger partial charge in [-0.1, -0.05) is 53.6 Å². The van der Waals surface area contributed by atoms with Gasteiger partial charge in [-0.25, -0.2) is 13.8 Å². The molecule has 2 heterocycles. The van der Waals surface area contributed by atoms with Gasteiger partial charge in [0.25, 0.3) is 5.89 Å². The highest BCUT2D eigenvalue weighted by Gasteiger charge is 2.33. The van der Waals surface area contributed by atoms with E-state index >= 15 is 4.39 Å². The molecule has 1 fully saturated rings. The zero-order valence-electron chi connectivity index (χ0n) is 27.2. The molecule has 11 nitrogen and oxygen atoms in total. The van der Waals surface area contributed by atoms with Crippen molar-refractivity contribution in [3.63, 3.8) is 0 Å². The Kier molecular flexibility index (Phi) is 12.1. The molecule has 0 spiro atoms. The summed E-state index contributed by atoms with van der Waals surface area (Å²) in [6, 6.07) is 7.06. The van der Waals surface area contributed by atoms with Crippen LogP contribution in [0.15, 0.2) is 34.7 Å². The molecule has 4 aromatic rings. The first-order valence-electron chi connectivity index (χ1n) is 15.4. The number of nitrogens with two attached hydrogens (primary N) is 1. The third-order valence-corrected chi connectivity index (χ3v) is 8.35. The predicted octanol–water partition coefficient (Wildman–Crippen LogP) is 5.47. The molecule has 18 heteroatoms. The molecule has 3 N–H and O–H groups in total. The Hall–Kier alpha value is -4.28. The summed E-state index contributed by atoms with van der Waals surface area (Å²) in [4.78, 5) is 26.9. The fraction of sp³-hybridized carbons (Fsp3) is 0.406. The molecule has 1 amide bonds. The van der Waals surface area contributed by atoms with Crippen molar-refractivity contribution in [2.45, 2.75) is 50.6 Å². The number of hydrogen-bond acceptors (Lipinski definition) is 8. The number of anilines is 1. The third kappa shape index (κ3) is 9.48. The summed E-state index contributed by atoms with van der Waals surface area (Å²) in [7, 11) is 6.09. The third-order valence-electron chi connectivity index (χ3n) is 7.77. The zero-order valence-corrected chi connectivity index (χ0v) is 28.7. The minimum Gasteiger partial charge on any atom is -0.542 e. The van der Waals surface area contributed by atoms with Crippen LogP contribution in [-0.2, 0) is 16.0 Å². The van der Waals surface area contributed by atoms with Crippen LogP contribution in [0.3, 0.4) is 0 Å². The summed E-state index contributed by atoms with van der Waals surface area (Å²) in [5, 5.41) is 19.3. The van der Waals surface area contributed by atoms with Gasteiger partial charge in [-0.2, -0.15) is 13.2 Å². The number of nitrogen functional groups attached to an aromatic ring is 1. The summed E-state index contributed by atoms with van der Waals surface area (Å²) < 4.78 is 70.1. The van der Waals surface area contributed by atoms with E-state index in [1.54, 1.807) is 10.6 Å². The van der Waals surface area contributed by atoms with Gasteiger partial charge < -0.3 is 29.9 Å². The van der Waals surface area contributed by atoms with E-state index in [1.807, 2.05) is 21.1 Å². The van der Waals surface area contributed by atoms with Crippen molar-refractivity contribution in [3.05, 3.63) is 63.4 Å². The van der Waals surface area contributed by atoms with Gasteiger partial charge >= 0.3 is 12.2 Å². The van der Waals surface area contributed by atoms with E-state index in [4.69, 9.17) is 48.2 Å². The lowest BCUT2D eigenvalue weighted by Gasteiger charge is -2.25. The molecule has 0 atom stereocenters. The molecule has 0 radical (unpaired) electrons. The van der Waals surface area contributed by atoms with Crippen molar-refractivity contribution >= 4 is 41.1 Å². The first-order chi connectivity index (χ1) is 23.4. The fourth-order valence-corrected chi connectivity index (χ4v) is 5.75. The number of quaternary nitrogens is 1. The Morgan fingerprint density at radius 1 is 1.06 bits per heavy atom. The number of hydrogen-bond donors (Lipinski definition) is 2. The van der Waals surface area contributed by atoms with Crippen molar-refractivity contribution in [3.8, 4) is 28.5 Å². The summed E-state index contributed by atoms with van der Waals surface area (Å²) in [5.41, 5.74) is 7.21. The number of nitrogens with one attached hydrogen (secondary N) is 1. The molecular weight excluding hydrogens is 712 g/mol. The average Bonchev–Trinajstić information content (AvgIpc) is 3.64. The lowest BCUT2D eigenvalue weighted by atomic mass is 9.88. The van der Waals surface area contributed by atoms with Gasteiger partial charge in [0.1, 0.15) is 17.6 Å². The second-order valence-electron chi connectivity index (χ2n) is 12.6. The maximum Gasteiger partial charge on any atom is 0.430 e. The van der Waals surface area contributed by atoms with Crippen molar-refractivity contribution < 1.29 is 45.5 Å². The molecule has 50 heavy (non-hydrogen) atoms. The topological polar surface area (TPSA) is 152 Å². The number of likely N-dealkylation sites (N-methyl/N-ethyl adjacent to an activating group) is 1. The number of aliphatic carboxylic acids is 1. The number of aromatic nitrogens is 4. The van der Waals surface area contributed by atoms with Gasteiger partial charge in [0.15, 0.2) is 11.5 Å². The van der Waals surface area contributed by atoms with Crippen LogP contribution in [0.1, 0.15) is 49.4 Å².